The highest BCUT2D eigenvalue weighted by Crippen LogP contribution is 2.21. The van der Waals surface area contributed by atoms with Gasteiger partial charge in [0.2, 0.25) is 0 Å². The number of pyridine rings is 1. The number of hydrogen-bond acceptors (Lipinski definition) is 4. The Kier molecular flexibility index (Phi) is 9.78. The van der Waals surface area contributed by atoms with Crippen molar-refractivity contribution < 1.29 is 0 Å². The molecule has 3 rings (SSSR count). The molecular weight excluding hydrogens is 386 g/mol. The summed E-state index contributed by atoms with van der Waals surface area (Å²) in [6.07, 6.45) is 8.79. The molecule has 0 N–H and O–H groups in total. The molecule has 0 radical (unpaired) electrons. The predicted octanol–water partition coefficient (Wildman–Crippen LogP) is 6.59. The lowest BCUT2D eigenvalue weighted by atomic mass is 9.99. The van der Waals surface area contributed by atoms with E-state index in [0.29, 0.717) is 0 Å². The molecule has 0 amide bonds. The monoisotopic (exact) mass is 419 g/mol. The second-order valence-electron chi connectivity index (χ2n) is 7.57. The number of nitrogens with zero attached hydrogens (tertiary/aromatic N) is 3. The average molecular weight is 420 g/mol. The lowest BCUT2D eigenvalue weighted by Gasteiger charge is -2.29. The van der Waals surface area contributed by atoms with Crippen LogP contribution in [0.2, 0.25) is 0 Å². The van der Waals surface area contributed by atoms with E-state index in [2.05, 4.69) is 72.5 Å². The van der Waals surface area contributed by atoms with Crippen molar-refractivity contribution in [1.29, 1.82) is 0 Å². The number of fused-ring (bicyclic) bond motifs is 1. The van der Waals surface area contributed by atoms with Crippen LogP contribution in [0.15, 0.2) is 71.1 Å². The van der Waals surface area contributed by atoms with Gasteiger partial charge in [0.25, 0.3) is 0 Å². The normalized spacial score (nSPS) is 14.1. The molecule has 4 heteroatoms. The van der Waals surface area contributed by atoms with Gasteiger partial charge in [-0.15, -0.1) is 0 Å². The van der Waals surface area contributed by atoms with Crippen LogP contribution in [0, 0.1) is 13.8 Å². The maximum Gasteiger partial charge on any atom is 0.0408 e. The van der Waals surface area contributed by atoms with Crippen LogP contribution in [0.1, 0.15) is 41.8 Å². The maximum atomic E-state index is 4.47. The maximum absolute atomic E-state index is 4.47. The molecule has 0 fully saturated rings. The Bertz CT molecular complexity index is 928. The van der Waals surface area contributed by atoms with Gasteiger partial charge in [0, 0.05) is 49.2 Å². The van der Waals surface area contributed by atoms with Crippen molar-refractivity contribution in [3.8, 4) is 0 Å². The lowest BCUT2D eigenvalue weighted by molar-refractivity contribution is 0.289. The van der Waals surface area contributed by atoms with Gasteiger partial charge in [-0.1, -0.05) is 55.7 Å². The summed E-state index contributed by atoms with van der Waals surface area (Å²) in [7, 11) is 0. The second kappa shape index (κ2) is 12.3. The fourth-order valence-corrected chi connectivity index (χ4v) is 3.69. The summed E-state index contributed by atoms with van der Waals surface area (Å²) in [5.74, 6) is 0. The first-order chi connectivity index (χ1) is 14.4. The molecule has 3 nitrogen and oxygen atoms in total. The molecule has 0 unspecified atom stereocenters. The molecule has 2 aromatic rings. The van der Waals surface area contributed by atoms with Gasteiger partial charge in [0.05, 0.1) is 0 Å². The largest absolute Gasteiger partial charge is 0.293 e. The van der Waals surface area contributed by atoms with Crippen molar-refractivity contribution in [3.05, 3.63) is 94.7 Å². The van der Waals surface area contributed by atoms with Gasteiger partial charge >= 0.3 is 0 Å². The quantitative estimate of drug-likeness (QED) is 0.300. The Balaban J connectivity index is 0.000000248. The number of aromatic nitrogens is 1. The molecule has 0 aliphatic carbocycles. The molecule has 0 spiro atoms. The van der Waals surface area contributed by atoms with Gasteiger partial charge in [0.1, 0.15) is 0 Å². The third-order valence-corrected chi connectivity index (χ3v) is 5.56. The number of allylic oxidation sites excluding steroid dienone is 3. The summed E-state index contributed by atoms with van der Waals surface area (Å²) >= 11 is 1.47. The van der Waals surface area contributed by atoms with Gasteiger partial charge in [-0.25, -0.2) is 4.40 Å². The zero-order valence-electron chi connectivity index (χ0n) is 18.7. The van der Waals surface area contributed by atoms with Gasteiger partial charge in [-0.05, 0) is 67.3 Å². The van der Waals surface area contributed by atoms with Crippen LogP contribution in [0.25, 0.3) is 6.08 Å². The summed E-state index contributed by atoms with van der Waals surface area (Å²) in [5, 5.41) is 0. The molecule has 2 heterocycles. The summed E-state index contributed by atoms with van der Waals surface area (Å²) in [6.45, 7) is 18.8. The van der Waals surface area contributed by atoms with E-state index < -0.39 is 0 Å². The van der Waals surface area contributed by atoms with Gasteiger partial charge in [-0.2, -0.15) is 0 Å². The van der Waals surface area contributed by atoms with E-state index >= 15 is 0 Å². The van der Waals surface area contributed by atoms with Crippen LogP contribution in [0.4, 0.5) is 0 Å². The summed E-state index contributed by atoms with van der Waals surface area (Å²) < 4.78 is 4.47. The predicted molar refractivity (Wildman–Crippen MR) is 134 cm³/mol. The molecule has 0 saturated carbocycles. The SMILES string of the molecule is C=C(C)S/N=C(\C)CN1CCc2c(ccnc2C)C1.C=C/C=C\c1ccccc1C. The number of rotatable bonds is 6. The highest BCUT2D eigenvalue weighted by molar-refractivity contribution is 8.01. The Labute approximate surface area is 186 Å². The number of aryl methyl sites for hydroxylation is 2. The number of benzene rings is 1. The molecule has 30 heavy (non-hydrogen) atoms. The minimum Gasteiger partial charge on any atom is -0.293 e. The van der Waals surface area contributed by atoms with Gasteiger partial charge < -0.3 is 0 Å². The second-order valence-corrected chi connectivity index (χ2v) is 8.63. The molecule has 1 aliphatic rings. The first kappa shape index (κ1) is 23.8. The number of hydrogen-bond donors (Lipinski definition) is 0. The van der Waals surface area contributed by atoms with Crippen molar-refractivity contribution >= 4 is 23.7 Å². The van der Waals surface area contributed by atoms with Crippen LogP contribution in [-0.4, -0.2) is 28.7 Å². The zero-order chi connectivity index (χ0) is 21.9. The van der Waals surface area contributed by atoms with Crippen LogP contribution < -0.4 is 0 Å². The van der Waals surface area contributed by atoms with E-state index in [4.69, 9.17) is 0 Å². The first-order valence-corrected chi connectivity index (χ1v) is 11.0. The highest BCUT2D eigenvalue weighted by atomic mass is 32.2. The molecule has 0 saturated heterocycles. The smallest absolute Gasteiger partial charge is 0.0408 e. The summed E-state index contributed by atoms with van der Waals surface area (Å²) in [5.41, 5.74) is 7.74. The molecule has 1 aromatic carbocycles. The molecule has 0 bridgehead atoms. The Morgan fingerprint density at radius 1 is 1.23 bits per heavy atom. The van der Waals surface area contributed by atoms with Crippen molar-refractivity contribution in [2.75, 3.05) is 13.1 Å². The van der Waals surface area contributed by atoms with Crippen molar-refractivity contribution in [1.82, 2.24) is 9.88 Å². The van der Waals surface area contributed by atoms with Gasteiger partial charge in [-0.3, -0.25) is 9.88 Å². The minimum absolute atomic E-state index is 0.932. The highest BCUT2D eigenvalue weighted by Gasteiger charge is 2.18. The van der Waals surface area contributed by atoms with Crippen molar-refractivity contribution in [2.45, 2.75) is 40.7 Å². The third kappa shape index (κ3) is 7.77. The molecule has 158 valence electrons. The van der Waals surface area contributed by atoms with E-state index in [-0.39, 0.29) is 0 Å². The van der Waals surface area contributed by atoms with Crippen LogP contribution in [0.3, 0.4) is 0 Å². The van der Waals surface area contributed by atoms with Crippen LogP contribution in [0.5, 0.6) is 0 Å². The van der Waals surface area contributed by atoms with Crippen molar-refractivity contribution in [3.63, 3.8) is 0 Å². The minimum atomic E-state index is 0.932. The lowest BCUT2D eigenvalue weighted by Crippen LogP contribution is -2.34. The Morgan fingerprint density at radius 3 is 2.70 bits per heavy atom. The molecule has 1 aliphatic heterocycles. The zero-order valence-corrected chi connectivity index (χ0v) is 19.5. The molecule has 0 atom stereocenters. The summed E-state index contributed by atoms with van der Waals surface area (Å²) in [6, 6.07) is 10.4. The third-order valence-electron chi connectivity index (χ3n) is 4.85. The van der Waals surface area contributed by atoms with Crippen LogP contribution in [-0.2, 0) is 13.0 Å². The average Bonchev–Trinajstić information content (AvgIpc) is 2.72. The van der Waals surface area contributed by atoms with E-state index in [9.17, 15) is 0 Å². The van der Waals surface area contributed by atoms with E-state index in [0.717, 1.165) is 36.7 Å². The van der Waals surface area contributed by atoms with Crippen LogP contribution >= 0.6 is 11.9 Å². The van der Waals surface area contributed by atoms with Crippen molar-refractivity contribution in [2.24, 2.45) is 4.40 Å². The topological polar surface area (TPSA) is 28.5 Å². The molecule has 1 aromatic heterocycles. The Morgan fingerprint density at radius 2 is 2.00 bits per heavy atom. The fourth-order valence-electron chi connectivity index (χ4n) is 3.32. The van der Waals surface area contributed by atoms with E-state index in [1.807, 2.05) is 31.3 Å². The summed E-state index contributed by atoms with van der Waals surface area (Å²) in [4.78, 5) is 7.85. The van der Waals surface area contributed by atoms with Gasteiger partial charge in [0.15, 0.2) is 0 Å². The van der Waals surface area contributed by atoms with E-state index in [1.54, 1.807) is 6.08 Å². The Hall–Kier alpha value is -2.43. The molecular formula is C26H33N3S. The first-order valence-electron chi connectivity index (χ1n) is 10.3. The standard InChI is InChI=1S/C15H21N3S.C11H12/c1-11(2)19-17-12(3)9-18-8-6-15-13(4)16-7-5-14(15)10-18;1-3-4-8-11-9-6-5-7-10(11)2/h5,7H,1,6,8-10H2,2-4H3;3-9H,1H2,2H3/b17-12+;8-4-. The van der Waals surface area contributed by atoms with E-state index in [1.165, 1.54) is 39.9 Å². The fraction of sp³-hybridized carbons (Fsp3) is 0.308.